The Morgan fingerprint density at radius 1 is 0.393 bits per heavy atom. The summed E-state index contributed by atoms with van der Waals surface area (Å²) in [5, 5.41) is 7.59. The van der Waals surface area contributed by atoms with Gasteiger partial charge in [0.05, 0.1) is 11.4 Å². The van der Waals surface area contributed by atoms with Crippen LogP contribution in [0.4, 0.5) is 28.4 Å². The summed E-state index contributed by atoms with van der Waals surface area (Å²) in [7, 11) is 0. The molecule has 10 rings (SSSR count). The SMILES string of the molecule is Cc1ccc(C)c(N(C2=CC(c3ccccc3)=CC(C)C2C)c2cc(N(c3cc(C)ccc3C)c3cc(-c4ccccc4)ccc3C)c3ccc4cccc5ccc2c3c54)c1. The molecule has 0 N–H and O–H groups in total. The lowest BCUT2D eigenvalue weighted by Crippen LogP contribution is -2.28. The van der Waals surface area contributed by atoms with Crippen LogP contribution in [0.2, 0.25) is 0 Å². The monoisotopic (exact) mass is 788 g/mol. The van der Waals surface area contributed by atoms with E-state index in [-0.39, 0.29) is 5.92 Å². The minimum atomic E-state index is 0.245. The Balaban J connectivity index is 1.36. The van der Waals surface area contributed by atoms with Crippen LogP contribution >= 0.6 is 0 Å². The molecule has 0 aromatic heterocycles. The summed E-state index contributed by atoms with van der Waals surface area (Å²) in [6.07, 6.45) is 4.93. The van der Waals surface area contributed by atoms with Gasteiger partial charge in [-0.3, -0.25) is 0 Å². The Bertz CT molecular complexity index is 3150. The number of benzene rings is 9. The topological polar surface area (TPSA) is 6.48 Å². The third-order valence-corrected chi connectivity index (χ3v) is 13.2. The van der Waals surface area contributed by atoms with E-state index >= 15 is 0 Å². The van der Waals surface area contributed by atoms with Gasteiger partial charge in [-0.1, -0.05) is 159 Å². The van der Waals surface area contributed by atoms with E-state index in [9.17, 15) is 0 Å². The second kappa shape index (κ2) is 15.3. The minimum absolute atomic E-state index is 0.245. The Morgan fingerprint density at radius 2 is 0.918 bits per heavy atom. The number of anilines is 5. The second-order valence-corrected chi connectivity index (χ2v) is 17.4. The maximum atomic E-state index is 2.63. The summed E-state index contributed by atoms with van der Waals surface area (Å²) < 4.78 is 0. The smallest absolute Gasteiger partial charge is 0.0561 e. The number of hydrogen-bond donors (Lipinski definition) is 0. The van der Waals surface area contributed by atoms with E-state index in [4.69, 9.17) is 0 Å². The fourth-order valence-electron chi connectivity index (χ4n) is 9.66. The largest absolute Gasteiger partial charge is 0.313 e. The first-order chi connectivity index (χ1) is 29.6. The highest BCUT2D eigenvalue weighted by atomic mass is 15.2. The molecule has 9 aromatic carbocycles. The Hall–Kier alpha value is -6.90. The molecule has 1 aliphatic rings. The van der Waals surface area contributed by atoms with Gasteiger partial charge in [0.15, 0.2) is 0 Å². The van der Waals surface area contributed by atoms with Crippen molar-refractivity contribution in [1.82, 2.24) is 0 Å². The molecule has 2 heteroatoms. The van der Waals surface area contributed by atoms with Crippen LogP contribution in [-0.4, -0.2) is 0 Å². The predicted octanol–water partition coefficient (Wildman–Crippen LogP) is 16.7. The lowest BCUT2D eigenvalue weighted by atomic mass is 9.82. The van der Waals surface area contributed by atoms with Crippen molar-refractivity contribution in [2.24, 2.45) is 11.8 Å². The standard InChI is InChI=1S/C59H52N2/c1-37-21-23-39(3)52(31-37)60(54-34-48(26-25-41(54)5)44-15-10-8-11-16-44)56-36-57(51-30-28-47-20-14-19-46-27-29-50(56)59(51)58(46)47)61(53-32-38(2)22-24-40(53)4)55-35-49(33-42(6)43(55)7)45-17-12-9-13-18-45/h8-36,42-43H,1-7H3. The molecule has 0 saturated heterocycles. The van der Waals surface area contributed by atoms with Crippen LogP contribution in [0.5, 0.6) is 0 Å². The Morgan fingerprint density at radius 3 is 1.52 bits per heavy atom. The van der Waals surface area contributed by atoms with E-state index < -0.39 is 0 Å². The molecule has 0 fully saturated rings. The molecule has 61 heavy (non-hydrogen) atoms. The van der Waals surface area contributed by atoms with Gasteiger partial charge in [0.25, 0.3) is 0 Å². The van der Waals surface area contributed by atoms with Gasteiger partial charge >= 0.3 is 0 Å². The van der Waals surface area contributed by atoms with E-state index in [1.807, 2.05) is 0 Å². The number of aryl methyl sites for hydroxylation is 5. The summed E-state index contributed by atoms with van der Waals surface area (Å²) in [5.41, 5.74) is 18.3. The molecule has 298 valence electrons. The van der Waals surface area contributed by atoms with Crippen LogP contribution in [-0.2, 0) is 0 Å². The number of allylic oxidation sites excluding steroid dienone is 4. The molecule has 0 saturated carbocycles. The first kappa shape index (κ1) is 38.3. The van der Waals surface area contributed by atoms with E-state index in [2.05, 4.69) is 234 Å². The van der Waals surface area contributed by atoms with Crippen LogP contribution in [0.15, 0.2) is 182 Å². The van der Waals surface area contributed by atoms with Crippen molar-refractivity contribution < 1.29 is 0 Å². The predicted molar refractivity (Wildman–Crippen MR) is 263 cm³/mol. The molecule has 0 spiro atoms. The van der Waals surface area contributed by atoms with Crippen molar-refractivity contribution in [3.63, 3.8) is 0 Å². The van der Waals surface area contributed by atoms with Crippen LogP contribution in [0.25, 0.3) is 49.0 Å². The minimum Gasteiger partial charge on any atom is -0.313 e. The molecule has 9 aromatic rings. The van der Waals surface area contributed by atoms with Gasteiger partial charge in [-0.25, -0.2) is 0 Å². The quantitative estimate of drug-likeness (QED) is 0.142. The Labute approximate surface area is 361 Å². The van der Waals surface area contributed by atoms with Crippen molar-refractivity contribution >= 4 is 66.3 Å². The highest BCUT2D eigenvalue weighted by molar-refractivity contribution is 6.28. The molecule has 0 heterocycles. The van der Waals surface area contributed by atoms with Gasteiger partial charge in [0.2, 0.25) is 0 Å². The zero-order chi connectivity index (χ0) is 41.9. The van der Waals surface area contributed by atoms with Crippen molar-refractivity contribution in [3.8, 4) is 11.1 Å². The third-order valence-electron chi connectivity index (χ3n) is 13.2. The van der Waals surface area contributed by atoms with Crippen LogP contribution in [0.3, 0.4) is 0 Å². The highest BCUT2D eigenvalue weighted by Crippen LogP contribution is 2.52. The lowest BCUT2D eigenvalue weighted by molar-refractivity contribution is 0.517. The van der Waals surface area contributed by atoms with E-state index in [1.165, 1.54) is 111 Å². The zero-order valence-corrected chi connectivity index (χ0v) is 36.3. The fourth-order valence-corrected chi connectivity index (χ4v) is 9.66. The van der Waals surface area contributed by atoms with Crippen molar-refractivity contribution in [2.75, 3.05) is 9.80 Å². The van der Waals surface area contributed by atoms with Crippen molar-refractivity contribution in [2.45, 2.75) is 48.5 Å². The van der Waals surface area contributed by atoms with Crippen molar-refractivity contribution in [1.29, 1.82) is 0 Å². The van der Waals surface area contributed by atoms with E-state index in [0.29, 0.717) is 5.92 Å². The highest BCUT2D eigenvalue weighted by Gasteiger charge is 2.31. The summed E-state index contributed by atoms with van der Waals surface area (Å²) >= 11 is 0. The van der Waals surface area contributed by atoms with Crippen LogP contribution in [0, 0.1) is 46.5 Å². The summed E-state index contributed by atoms with van der Waals surface area (Å²) in [6, 6.07) is 61.1. The van der Waals surface area contributed by atoms with Crippen LogP contribution in [0.1, 0.15) is 47.2 Å². The molecule has 2 atom stereocenters. The van der Waals surface area contributed by atoms with Gasteiger partial charge in [0, 0.05) is 44.8 Å². The fraction of sp³-hybridized carbons (Fsp3) is 0.153. The summed E-state index contributed by atoms with van der Waals surface area (Å²) in [5.74, 6) is 0.561. The molecule has 0 amide bonds. The molecule has 0 bridgehead atoms. The van der Waals surface area contributed by atoms with Gasteiger partial charge in [-0.05, 0) is 137 Å². The van der Waals surface area contributed by atoms with Crippen molar-refractivity contribution in [3.05, 3.63) is 215 Å². The zero-order valence-electron chi connectivity index (χ0n) is 36.3. The molecule has 1 aliphatic carbocycles. The molecule has 2 unspecified atom stereocenters. The first-order valence-electron chi connectivity index (χ1n) is 21.7. The number of rotatable bonds is 8. The van der Waals surface area contributed by atoms with E-state index in [1.54, 1.807) is 0 Å². The first-order valence-corrected chi connectivity index (χ1v) is 21.7. The maximum absolute atomic E-state index is 2.63. The average Bonchev–Trinajstić information content (AvgIpc) is 3.28. The third kappa shape index (κ3) is 6.68. The van der Waals surface area contributed by atoms with Gasteiger partial charge in [0.1, 0.15) is 0 Å². The number of hydrogen-bond acceptors (Lipinski definition) is 2. The second-order valence-electron chi connectivity index (χ2n) is 17.4. The molecular weight excluding hydrogens is 737 g/mol. The number of nitrogens with zero attached hydrogens (tertiary/aromatic N) is 2. The molecule has 0 aliphatic heterocycles. The maximum Gasteiger partial charge on any atom is 0.0561 e. The molecular formula is C59H52N2. The van der Waals surface area contributed by atoms with Crippen LogP contribution < -0.4 is 9.80 Å². The molecule has 0 radical (unpaired) electrons. The van der Waals surface area contributed by atoms with Gasteiger partial charge < -0.3 is 9.80 Å². The normalized spacial score (nSPS) is 15.3. The lowest BCUT2D eigenvalue weighted by Gasteiger charge is -2.39. The Kier molecular flexibility index (Phi) is 9.60. The summed E-state index contributed by atoms with van der Waals surface area (Å²) in [4.78, 5) is 5.20. The van der Waals surface area contributed by atoms with Gasteiger partial charge in [-0.15, -0.1) is 0 Å². The average molecular weight is 789 g/mol. The molecule has 2 nitrogen and oxygen atoms in total. The van der Waals surface area contributed by atoms with E-state index in [0.717, 1.165) is 5.69 Å². The summed E-state index contributed by atoms with van der Waals surface area (Å²) in [6.45, 7) is 16.0. The van der Waals surface area contributed by atoms with Gasteiger partial charge in [-0.2, -0.15) is 0 Å².